The van der Waals surface area contributed by atoms with Crippen LogP contribution in [0.15, 0.2) is 22.7 Å². The van der Waals surface area contributed by atoms with Crippen LogP contribution in [0.5, 0.6) is 5.75 Å². The van der Waals surface area contributed by atoms with Crippen molar-refractivity contribution in [3.05, 3.63) is 28.2 Å². The van der Waals surface area contributed by atoms with E-state index in [2.05, 4.69) is 48.1 Å². The lowest BCUT2D eigenvalue weighted by Crippen LogP contribution is -2.23. The van der Waals surface area contributed by atoms with Crippen LogP contribution in [-0.4, -0.2) is 13.7 Å². The summed E-state index contributed by atoms with van der Waals surface area (Å²) in [4.78, 5) is 0. The lowest BCUT2D eigenvalue weighted by atomic mass is 9.97. The Kier molecular flexibility index (Phi) is 7.47. The third-order valence-electron chi connectivity index (χ3n) is 3.26. The minimum absolute atomic E-state index is 0.419. The number of halogens is 1. The first-order chi connectivity index (χ1) is 9.08. The van der Waals surface area contributed by atoms with Gasteiger partial charge < -0.3 is 10.1 Å². The van der Waals surface area contributed by atoms with Crippen molar-refractivity contribution in [1.29, 1.82) is 0 Å². The Labute approximate surface area is 126 Å². The molecular formula is C16H26BrNO. The van der Waals surface area contributed by atoms with Crippen LogP contribution in [0.3, 0.4) is 0 Å². The predicted octanol–water partition coefficient (Wildman–Crippen LogP) is 4.93. The SMILES string of the molecule is CCCNC(CCC(C)C)c1ccc(OC)cc1Br. The molecule has 1 N–H and O–H groups in total. The number of rotatable bonds is 8. The van der Waals surface area contributed by atoms with E-state index in [4.69, 9.17) is 4.74 Å². The molecule has 0 spiro atoms. The topological polar surface area (TPSA) is 21.3 Å². The van der Waals surface area contributed by atoms with Crippen molar-refractivity contribution in [3.8, 4) is 5.75 Å². The molecule has 1 aromatic carbocycles. The van der Waals surface area contributed by atoms with Crippen LogP contribution in [-0.2, 0) is 0 Å². The van der Waals surface area contributed by atoms with E-state index in [0.717, 1.165) is 29.1 Å². The zero-order valence-electron chi connectivity index (χ0n) is 12.5. The van der Waals surface area contributed by atoms with Gasteiger partial charge in [-0.15, -0.1) is 0 Å². The third kappa shape index (κ3) is 5.53. The van der Waals surface area contributed by atoms with E-state index in [-0.39, 0.29) is 0 Å². The Morgan fingerprint density at radius 1 is 1.26 bits per heavy atom. The van der Waals surface area contributed by atoms with Crippen LogP contribution in [0.2, 0.25) is 0 Å². The van der Waals surface area contributed by atoms with Crippen LogP contribution in [0, 0.1) is 5.92 Å². The maximum atomic E-state index is 5.26. The molecule has 0 saturated heterocycles. The van der Waals surface area contributed by atoms with Gasteiger partial charge >= 0.3 is 0 Å². The highest BCUT2D eigenvalue weighted by Gasteiger charge is 2.14. The van der Waals surface area contributed by atoms with Gasteiger partial charge in [0.2, 0.25) is 0 Å². The van der Waals surface area contributed by atoms with Crippen molar-refractivity contribution in [2.45, 2.75) is 46.1 Å². The molecule has 1 unspecified atom stereocenters. The average Bonchev–Trinajstić information content (AvgIpc) is 2.39. The fraction of sp³-hybridized carbons (Fsp3) is 0.625. The van der Waals surface area contributed by atoms with Crippen LogP contribution in [0.25, 0.3) is 0 Å². The Hall–Kier alpha value is -0.540. The van der Waals surface area contributed by atoms with Crippen LogP contribution in [0.4, 0.5) is 0 Å². The molecule has 0 aliphatic rings. The Morgan fingerprint density at radius 2 is 2.00 bits per heavy atom. The van der Waals surface area contributed by atoms with Gasteiger partial charge in [-0.05, 0) is 49.4 Å². The Balaban J connectivity index is 2.82. The number of nitrogens with one attached hydrogen (secondary N) is 1. The monoisotopic (exact) mass is 327 g/mol. The van der Waals surface area contributed by atoms with Gasteiger partial charge in [0, 0.05) is 10.5 Å². The fourth-order valence-corrected chi connectivity index (χ4v) is 2.74. The second-order valence-corrected chi connectivity index (χ2v) is 6.22. The lowest BCUT2D eigenvalue weighted by Gasteiger charge is -2.21. The lowest BCUT2D eigenvalue weighted by molar-refractivity contribution is 0.412. The molecular weight excluding hydrogens is 302 g/mol. The number of hydrogen-bond acceptors (Lipinski definition) is 2. The van der Waals surface area contributed by atoms with Gasteiger partial charge in [-0.25, -0.2) is 0 Å². The van der Waals surface area contributed by atoms with Crippen molar-refractivity contribution >= 4 is 15.9 Å². The molecule has 1 rings (SSSR count). The molecule has 2 nitrogen and oxygen atoms in total. The number of benzene rings is 1. The second-order valence-electron chi connectivity index (χ2n) is 5.37. The van der Waals surface area contributed by atoms with Gasteiger partial charge in [-0.3, -0.25) is 0 Å². The summed E-state index contributed by atoms with van der Waals surface area (Å²) in [6.45, 7) is 7.82. The van der Waals surface area contributed by atoms with Crippen molar-refractivity contribution < 1.29 is 4.74 Å². The van der Waals surface area contributed by atoms with Crippen molar-refractivity contribution in [1.82, 2.24) is 5.32 Å². The zero-order valence-corrected chi connectivity index (χ0v) is 14.1. The summed E-state index contributed by atoms with van der Waals surface area (Å²) in [6.07, 6.45) is 3.56. The summed E-state index contributed by atoms with van der Waals surface area (Å²) in [5.74, 6) is 1.64. The smallest absolute Gasteiger partial charge is 0.120 e. The van der Waals surface area contributed by atoms with Crippen molar-refractivity contribution in [2.75, 3.05) is 13.7 Å². The number of hydrogen-bond donors (Lipinski definition) is 1. The van der Waals surface area contributed by atoms with Gasteiger partial charge in [-0.2, -0.15) is 0 Å². The van der Waals surface area contributed by atoms with Gasteiger partial charge in [0.05, 0.1) is 7.11 Å². The standard InChI is InChI=1S/C16H26BrNO/c1-5-10-18-16(9-6-12(2)3)14-8-7-13(19-4)11-15(14)17/h7-8,11-12,16,18H,5-6,9-10H2,1-4H3. The van der Waals surface area contributed by atoms with Crippen molar-refractivity contribution in [2.24, 2.45) is 5.92 Å². The fourth-order valence-electron chi connectivity index (χ4n) is 2.10. The molecule has 19 heavy (non-hydrogen) atoms. The summed E-state index contributed by atoms with van der Waals surface area (Å²) >= 11 is 3.67. The van der Waals surface area contributed by atoms with Gasteiger partial charge in [0.15, 0.2) is 0 Å². The summed E-state index contributed by atoms with van der Waals surface area (Å²) < 4.78 is 6.39. The molecule has 0 heterocycles. The molecule has 0 bridgehead atoms. The normalized spacial score (nSPS) is 12.7. The highest BCUT2D eigenvalue weighted by atomic mass is 79.9. The van der Waals surface area contributed by atoms with E-state index in [9.17, 15) is 0 Å². The molecule has 0 amide bonds. The molecule has 0 aliphatic carbocycles. The first-order valence-corrected chi connectivity index (χ1v) is 7.94. The van der Waals surface area contributed by atoms with E-state index in [1.807, 2.05) is 12.1 Å². The van der Waals surface area contributed by atoms with Crippen LogP contribution < -0.4 is 10.1 Å². The quantitative estimate of drug-likeness (QED) is 0.730. The molecule has 108 valence electrons. The summed E-state index contributed by atoms with van der Waals surface area (Å²) in [5, 5.41) is 3.65. The molecule has 0 aromatic heterocycles. The van der Waals surface area contributed by atoms with E-state index in [1.165, 1.54) is 18.4 Å². The van der Waals surface area contributed by atoms with E-state index >= 15 is 0 Å². The number of methoxy groups -OCH3 is 1. The highest BCUT2D eigenvalue weighted by molar-refractivity contribution is 9.10. The van der Waals surface area contributed by atoms with E-state index in [1.54, 1.807) is 7.11 Å². The van der Waals surface area contributed by atoms with Gasteiger partial charge in [-0.1, -0.05) is 42.8 Å². The maximum absolute atomic E-state index is 5.26. The first kappa shape index (κ1) is 16.5. The molecule has 0 radical (unpaired) electrons. The second kappa shape index (κ2) is 8.60. The maximum Gasteiger partial charge on any atom is 0.120 e. The first-order valence-electron chi connectivity index (χ1n) is 7.15. The van der Waals surface area contributed by atoms with E-state index < -0.39 is 0 Å². The Bertz CT molecular complexity index is 379. The molecule has 0 fully saturated rings. The number of ether oxygens (including phenoxy) is 1. The predicted molar refractivity (Wildman–Crippen MR) is 85.8 cm³/mol. The minimum atomic E-state index is 0.419. The molecule has 3 heteroatoms. The average molecular weight is 328 g/mol. The van der Waals surface area contributed by atoms with Crippen LogP contribution >= 0.6 is 15.9 Å². The molecule has 0 saturated carbocycles. The largest absolute Gasteiger partial charge is 0.497 e. The molecule has 1 aromatic rings. The summed E-state index contributed by atoms with van der Waals surface area (Å²) in [6, 6.07) is 6.67. The van der Waals surface area contributed by atoms with Gasteiger partial charge in [0.1, 0.15) is 5.75 Å². The summed E-state index contributed by atoms with van der Waals surface area (Å²) in [7, 11) is 1.70. The third-order valence-corrected chi connectivity index (χ3v) is 3.94. The minimum Gasteiger partial charge on any atom is -0.497 e. The van der Waals surface area contributed by atoms with Crippen molar-refractivity contribution in [3.63, 3.8) is 0 Å². The Morgan fingerprint density at radius 3 is 2.53 bits per heavy atom. The molecule has 1 atom stereocenters. The van der Waals surface area contributed by atoms with Gasteiger partial charge in [0.25, 0.3) is 0 Å². The zero-order chi connectivity index (χ0) is 14.3. The molecule has 0 aliphatic heterocycles. The highest BCUT2D eigenvalue weighted by Crippen LogP contribution is 2.30. The van der Waals surface area contributed by atoms with E-state index in [0.29, 0.717) is 6.04 Å². The summed E-state index contributed by atoms with van der Waals surface area (Å²) in [5.41, 5.74) is 1.33. The van der Waals surface area contributed by atoms with Crippen LogP contribution in [0.1, 0.15) is 51.6 Å².